The number of hydrogen-bond acceptors (Lipinski definition) is 6. The number of carbonyl (C=O) groups excluding carboxylic acids is 1. The molecule has 11 heteroatoms. The van der Waals surface area contributed by atoms with Crippen LogP contribution in [0.3, 0.4) is 0 Å². The lowest BCUT2D eigenvalue weighted by atomic mass is 10.1. The number of carboxylic acid groups (broad SMARTS) is 1. The largest absolute Gasteiger partial charge is 0.545 e. The van der Waals surface area contributed by atoms with Crippen molar-refractivity contribution >= 4 is 44.2 Å². The van der Waals surface area contributed by atoms with Gasteiger partial charge in [0.1, 0.15) is 5.82 Å². The van der Waals surface area contributed by atoms with Gasteiger partial charge in [0.05, 0.1) is 27.6 Å². The van der Waals surface area contributed by atoms with Gasteiger partial charge in [0.25, 0.3) is 0 Å². The van der Waals surface area contributed by atoms with Crippen LogP contribution >= 0.6 is 11.6 Å². The first kappa shape index (κ1) is 23.2. The van der Waals surface area contributed by atoms with Crippen LogP contribution in [0.1, 0.15) is 17.3 Å². The van der Waals surface area contributed by atoms with Crippen LogP contribution in [0.5, 0.6) is 0 Å². The Morgan fingerprint density at radius 3 is 2.33 bits per heavy atom. The summed E-state index contributed by atoms with van der Waals surface area (Å²) in [6.45, 7) is 2.90. The molecule has 0 atom stereocenters. The summed E-state index contributed by atoms with van der Waals surface area (Å²) in [7, 11) is -3.71. The van der Waals surface area contributed by atoms with Crippen molar-refractivity contribution in [2.75, 3.05) is 31.1 Å². The van der Waals surface area contributed by atoms with E-state index in [0.717, 1.165) is 6.07 Å². The fourth-order valence-electron chi connectivity index (χ4n) is 3.97. The van der Waals surface area contributed by atoms with E-state index in [1.807, 2.05) is 0 Å². The van der Waals surface area contributed by atoms with Crippen LogP contribution in [0.4, 0.5) is 10.1 Å². The van der Waals surface area contributed by atoms with Crippen LogP contribution < -0.4 is 15.4 Å². The summed E-state index contributed by atoms with van der Waals surface area (Å²) >= 11 is 5.84. The van der Waals surface area contributed by atoms with Crippen molar-refractivity contribution in [2.45, 2.75) is 18.4 Å². The first-order valence-electron chi connectivity index (χ1n) is 10.2. The lowest BCUT2D eigenvalue weighted by molar-refractivity contribution is -0.255. The number of sulfonamides is 1. The number of anilines is 1. The fourth-order valence-corrected chi connectivity index (χ4v) is 5.52. The van der Waals surface area contributed by atoms with Crippen LogP contribution in [0.15, 0.2) is 52.3 Å². The molecule has 174 valence electrons. The standard InChI is InChI=1S/C22H21ClFN3O5S/c1-2-25-13-17(22(29)30)21(28)16-11-18(24)20(12-19(16)25)26-7-9-27(10-8-26)33(31,32)15-5-3-14(23)4-6-15/h3-6,11-13H,2,7-10H2,1H3,(H,29,30)/p-1. The van der Waals surface area contributed by atoms with E-state index in [9.17, 15) is 27.5 Å². The third-order valence-corrected chi connectivity index (χ3v) is 7.90. The van der Waals surface area contributed by atoms with E-state index in [0.29, 0.717) is 17.1 Å². The normalized spacial score (nSPS) is 15.2. The lowest BCUT2D eigenvalue weighted by Gasteiger charge is -2.35. The average Bonchev–Trinajstić information content (AvgIpc) is 2.79. The van der Waals surface area contributed by atoms with Crippen molar-refractivity contribution in [1.82, 2.24) is 8.87 Å². The van der Waals surface area contributed by atoms with E-state index >= 15 is 0 Å². The van der Waals surface area contributed by atoms with Crippen LogP contribution in [0.2, 0.25) is 5.02 Å². The highest BCUT2D eigenvalue weighted by Crippen LogP contribution is 2.28. The number of aromatic carboxylic acids is 1. The Balaban J connectivity index is 1.64. The zero-order valence-electron chi connectivity index (χ0n) is 17.6. The number of carboxylic acids is 1. The van der Waals surface area contributed by atoms with Crippen molar-refractivity contribution in [3.63, 3.8) is 0 Å². The molecule has 0 radical (unpaired) electrons. The molecule has 0 bridgehead atoms. The minimum absolute atomic E-state index is 0.0521. The van der Waals surface area contributed by atoms with Gasteiger partial charge in [-0.2, -0.15) is 4.31 Å². The Labute approximate surface area is 194 Å². The number of fused-ring (bicyclic) bond motifs is 1. The molecule has 4 rings (SSSR count). The SMILES string of the molecule is CCn1cc(C(=O)[O-])c(=O)c2cc(F)c(N3CCN(S(=O)(=O)c4ccc(Cl)cc4)CC3)cc21. The number of hydrogen-bond donors (Lipinski definition) is 0. The smallest absolute Gasteiger partial charge is 0.243 e. The predicted octanol–water partition coefficient (Wildman–Crippen LogP) is 1.69. The molecule has 2 heterocycles. The second kappa shape index (κ2) is 8.77. The monoisotopic (exact) mass is 492 g/mol. The molecule has 0 unspecified atom stereocenters. The Morgan fingerprint density at radius 1 is 1.12 bits per heavy atom. The Hall–Kier alpha value is -2.95. The van der Waals surface area contributed by atoms with Gasteiger partial charge < -0.3 is 19.4 Å². The second-order valence-electron chi connectivity index (χ2n) is 7.61. The van der Waals surface area contributed by atoms with E-state index in [2.05, 4.69) is 0 Å². The molecule has 0 spiro atoms. The Bertz CT molecular complexity index is 1400. The van der Waals surface area contributed by atoms with E-state index in [4.69, 9.17) is 11.6 Å². The highest BCUT2D eigenvalue weighted by Gasteiger charge is 2.29. The third kappa shape index (κ3) is 4.21. The van der Waals surface area contributed by atoms with Crippen LogP contribution in [-0.4, -0.2) is 49.4 Å². The quantitative estimate of drug-likeness (QED) is 0.537. The third-order valence-electron chi connectivity index (χ3n) is 5.74. The molecule has 1 aliphatic heterocycles. The van der Waals surface area contributed by atoms with Gasteiger partial charge >= 0.3 is 0 Å². The maximum atomic E-state index is 15.0. The Morgan fingerprint density at radius 2 is 1.76 bits per heavy atom. The molecule has 1 saturated heterocycles. The molecular formula is C22H20ClFN3O5S-. The van der Waals surface area contributed by atoms with Crippen molar-refractivity contribution in [2.24, 2.45) is 0 Å². The number of aryl methyl sites for hydroxylation is 1. The molecule has 33 heavy (non-hydrogen) atoms. The fraction of sp³-hybridized carbons (Fsp3) is 0.273. The van der Waals surface area contributed by atoms with Gasteiger partial charge in [-0.3, -0.25) is 4.79 Å². The number of nitrogens with zero attached hydrogens (tertiary/aromatic N) is 3. The van der Waals surface area contributed by atoms with Crippen molar-refractivity contribution in [1.29, 1.82) is 0 Å². The number of benzene rings is 2. The van der Waals surface area contributed by atoms with E-state index in [-0.39, 0.29) is 42.1 Å². The second-order valence-corrected chi connectivity index (χ2v) is 9.99. The number of halogens is 2. The van der Waals surface area contributed by atoms with Crippen LogP contribution in [0.25, 0.3) is 10.9 Å². The van der Waals surface area contributed by atoms with Gasteiger partial charge in [0, 0.05) is 49.3 Å². The number of piperazine rings is 1. The zero-order valence-corrected chi connectivity index (χ0v) is 19.2. The molecule has 0 saturated carbocycles. The highest BCUT2D eigenvalue weighted by atomic mass is 35.5. The van der Waals surface area contributed by atoms with Crippen molar-refractivity contribution in [3.05, 3.63) is 69.2 Å². The molecule has 1 aliphatic rings. The molecule has 8 nitrogen and oxygen atoms in total. The maximum absolute atomic E-state index is 15.0. The summed E-state index contributed by atoms with van der Waals surface area (Å²) in [6, 6.07) is 8.43. The van der Waals surface area contributed by atoms with Gasteiger partial charge in [-0.25, -0.2) is 12.8 Å². The molecule has 0 amide bonds. The molecule has 1 aromatic heterocycles. The molecule has 0 aliphatic carbocycles. The van der Waals surface area contributed by atoms with E-state index < -0.39 is 32.8 Å². The molecular weight excluding hydrogens is 473 g/mol. The summed E-state index contributed by atoms with van der Waals surface area (Å²) in [4.78, 5) is 25.6. The summed E-state index contributed by atoms with van der Waals surface area (Å²) in [5, 5.41) is 11.7. The minimum Gasteiger partial charge on any atom is -0.545 e. The summed E-state index contributed by atoms with van der Waals surface area (Å²) in [6.07, 6.45) is 1.19. The number of aromatic nitrogens is 1. The molecule has 0 N–H and O–H groups in total. The molecule has 2 aromatic carbocycles. The first-order valence-corrected chi connectivity index (χ1v) is 12.0. The minimum atomic E-state index is -3.71. The molecule has 3 aromatic rings. The number of pyridine rings is 1. The number of rotatable bonds is 5. The summed E-state index contributed by atoms with van der Waals surface area (Å²) < 4.78 is 43.7. The average molecular weight is 493 g/mol. The van der Waals surface area contributed by atoms with Gasteiger partial charge in [0.15, 0.2) is 5.43 Å². The van der Waals surface area contributed by atoms with Gasteiger partial charge in [-0.15, -0.1) is 0 Å². The first-order chi connectivity index (χ1) is 15.6. The number of carbonyl (C=O) groups is 1. The van der Waals surface area contributed by atoms with Crippen LogP contribution in [-0.2, 0) is 16.6 Å². The predicted molar refractivity (Wildman–Crippen MR) is 121 cm³/mol. The zero-order chi connectivity index (χ0) is 23.9. The molecule has 1 fully saturated rings. The van der Waals surface area contributed by atoms with Gasteiger partial charge in [0.2, 0.25) is 10.0 Å². The van der Waals surface area contributed by atoms with Crippen molar-refractivity contribution in [3.8, 4) is 0 Å². The summed E-state index contributed by atoms with van der Waals surface area (Å²) in [5.41, 5.74) is -0.731. The topological polar surface area (TPSA) is 103 Å². The Kier molecular flexibility index (Phi) is 6.17. The maximum Gasteiger partial charge on any atom is 0.243 e. The lowest BCUT2D eigenvalue weighted by Crippen LogP contribution is -2.48. The van der Waals surface area contributed by atoms with E-state index in [1.165, 1.54) is 40.8 Å². The summed E-state index contributed by atoms with van der Waals surface area (Å²) in [5.74, 6) is -2.31. The van der Waals surface area contributed by atoms with Crippen LogP contribution in [0, 0.1) is 5.82 Å². The van der Waals surface area contributed by atoms with Crippen molar-refractivity contribution < 1.29 is 22.7 Å². The highest BCUT2D eigenvalue weighted by molar-refractivity contribution is 7.89. The van der Waals surface area contributed by atoms with E-state index in [1.54, 1.807) is 16.4 Å². The van der Waals surface area contributed by atoms with Gasteiger partial charge in [-0.05, 0) is 43.3 Å². The van der Waals surface area contributed by atoms with Gasteiger partial charge in [-0.1, -0.05) is 11.6 Å².